The van der Waals surface area contributed by atoms with Crippen molar-refractivity contribution in [3.63, 3.8) is 0 Å². The van der Waals surface area contributed by atoms with Gasteiger partial charge < -0.3 is 20.0 Å². The fraction of sp³-hybridized carbons (Fsp3) is 0.286. The fourth-order valence-electron chi connectivity index (χ4n) is 3.61. The third-order valence-corrected chi connectivity index (χ3v) is 5.16. The van der Waals surface area contributed by atoms with E-state index in [0.29, 0.717) is 11.4 Å². The molecule has 0 bridgehead atoms. The highest BCUT2D eigenvalue weighted by molar-refractivity contribution is 5.94. The van der Waals surface area contributed by atoms with Crippen LogP contribution in [0.3, 0.4) is 0 Å². The van der Waals surface area contributed by atoms with Gasteiger partial charge in [-0.25, -0.2) is 0 Å². The van der Waals surface area contributed by atoms with Crippen LogP contribution in [0, 0.1) is 0 Å². The molecular weight excluding hydrogens is 415 g/mol. The van der Waals surface area contributed by atoms with Crippen molar-refractivity contribution in [1.29, 1.82) is 0 Å². The van der Waals surface area contributed by atoms with Gasteiger partial charge in [0.2, 0.25) is 0 Å². The molecule has 0 atom stereocenters. The molecule has 3 aromatic rings. The first kappa shape index (κ1) is 20.7. The van der Waals surface area contributed by atoms with E-state index in [2.05, 4.69) is 5.16 Å². The van der Waals surface area contributed by atoms with Crippen molar-refractivity contribution >= 4 is 5.91 Å². The highest BCUT2D eigenvalue weighted by Gasteiger charge is 2.36. The van der Waals surface area contributed by atoms with Crippen LogP contribution in [0.15, 0.2) is 39.6 Å². The number of carbonyl (C=O) groups is 1. The summed E-state index contributed by atoms with van der Waals surface area (Å²) in [7, 11) is 0. The molecule has 2 aromatic heterocycles. The number of amides is 1. The van der Waals surface area contributed by atoms with E-state index in [1.165, 1.54) is 24.3 Å². The number of hydrogen-bond donors (Lipinski definition) is 2. The number of benzene rings is 1. The van der Waals surface area contributed by atoms with E-state index in [9.17, 15) is 22.8 Å². The number of aromatic amines is 1. The molecule has 0 radical (unpaired) electrons. The van der Waals surface area contributed by atoms with Crippen molar-refractivity contribution in [2.75, 3.05) is 0 Å². The number of aromatic nitrogens is 2. The van der Waals surface area contributed by atoms with Crippen molar-refractivity contribution in [3.8, 4) is 16.9 Å². The van der Waals surface area contributed by atoms with E-state index in [1.807, 2.05) is 0 Å². The third kappa shape index (κ3) is 4.18. The molecule has 162 valence electrons. The van der Waals surface area contributed by atoms with Gasteiger partial charge in [0, 0.05) is 17.5 Å². The van der Waals surface area contributed by atoms with Crippen LogP contribution in [-0.2, 0) is 25.6 Å². The summed E-state index contributed by atoms with van der Waals surface area (Å²) < 4.78 is 51.3. The molecule has 1 aromatic carbocycles. The number of nitrogens with zero attached hydrogens (tertiary/aromatic N) is 1. The number of alkyl halides is 3. The first-order valence-corrected chi connectivity index (χ1v) is 9.58. The number of fused-ring (bicyclic) bond motifs is 1. The summed E-state index contributed by atoms with van der Waals surface area (Å²) in [6.45, 7) is 0.177. The lowest BCUT2D eigenvalue weighted by molar-refractivity contribution is -0.140. The molecule has 0 aliphatic heterocycles. The van der Waals surface area contributed by atoms with Crippen molar-refractivity contribution < 1.29 is 27.2 Å². The minimum Gasteiger partial charge on any atom is -0.487 e. The van der Waals surface area contributed by atoms with Crippen LogP contribution in [0.2, 0.25) is 0 Å². The number of hydrogen-bond acceptors (Lipinski definition) is 5. The molecular formula is C21H18F3N3O4. The maximum atomic E-state index is 13.4. The summed E-state index contributed by atoms with van der Waals surface area (Å²) >= 11 is 0. The Morgan fingerprint density at radius 2 is 1.90 bits per heavy atom. The lowest BCUT2D eigenvalue weighted by Crippen LogP contribution is -2.27. The first-order valence-electron chi connectivity index (χ1n) is 9.58. The Kier molecular flexibility index (Phi) is 5.30. The molecule has 0 saturated heterocycles. The quantitative estimate of drug-likeness (QED) is 0.639. The molecule has 1 aliphatic carbocycles. The van der Waals surface area contributed by atoms with E-state index in [1.54, 1.807) is 4.98 Å². The van der Waals surface area contributed by atoms with Gasteiger partial charge in [-0.15, -0.1) is 0 Å². The van der Waals surface area contributed by atoms with Crippen LogP contribution in [0.4, 0.5) is 13.2 Å². The molecule has 31 heavy (non-hydrogen) atoms. The van der Waals surface area contributed by atoms with Gasteiger partial charge in [0.05, 0.1) is 0 Å². The van der Waals surface area contributed by atoms with Gasteiger partial charge in [0.15, 0.2) is 0 Å². The van der Waals surface area contributed by atoms with E-state index >= 15 is 0 Å². The molecule has 7 nitrogen and oxygen atoms in total. The second-order valence-corrected chi connectivity index (χ2v) is 7.21. The lowest BCUT2D eigenvalue weighted by Gasteiger charge is -2.14. The summed E-state index contributed by atoms with van der Waals surface area (Å²) in [5, 5.41) is 4.05. The SMILES string of the molecule is NC(=O)c1cc(-c2ccc(OCc3noc4c3CCCC4)cc2)c(C(F)(F)F)[nH]c1=O. The average Bonchev–Trinajstić information content (AvgIpc) is 3.15. The Bertz CT molecular complexity index is 1180. The maximum absolute atomic E-state index is 13.4. The average molecular weight is 433 g/mol. The Hall–Kier alpha value is -3.56. The zero-order valence-corrected chi connectivity index (χ0v) is 16.2. The van der Waals surface area contributed by atoms with Gasteiger partial charge in [-0.05, 0) is 43.0 Å². The highest BCUT2D eigenvalue weighted by Crippen LogP contribution is 2.36. The molecule has 4 rings (SSSR count). The predicted octanol–water partition coefficient (Wildman–Crippen LogP) is 3.61. The first-order chi connectivity index (χ1) is 14.7. The number of pyridine rings is 1. The Balaban J connectivity index is 1.59. The minimum atomic E-state index is -4.83. The summed E-state index contributed by atoms with van der Waals surface area (Å²) in [5.74, 6) is 0.180. The number of nitrogens with two attached hydrogens (primary N) is 1. The number of rotatable bonds is 5. The van der Waals surface area contributed by atoms with Crippen molar-refractivity contribution in [2.45, 2.75) is 38.5 Å². The maximum Gasteiger partial charge on any atom is 0.431 e. The van der Waals surface area contributed by atoms with Crippen molar-refractivity contribution in [1.82, 2.24) is 10.1 Å². The second-order valence-electron chi connectivity index (χ2n) is 7.21. The lowest BCUT2D eigenvalue weighted by atomic mass is 9.97. The number of halogens is 3. The highest BCUT2D eigenvalue weighted by atomic mass is 19.4. The van der Waals surface area contributed by atoms with Crippen molar-refractivity contribution in [2.24, 2.45) is 5.73 Å². The number of carbonyl (C=O) groups excluding carboxylic acids is 1. The van der Waals surface area contributed by atoms with Gasteiger partial charge >= 0.3 is 6.18 Å². The van der Waals surface area contributed by atoms with Gasteiger partial charge in [-0.1, -0.05) is 17.3 Å². The van der Waals surface area contributed by atoms with E-state index < -0.39 is 28.9 Å². The van der Waals surface area contributed by atoms with Gasteiger partial charge in [0.25, 0.3) is 11.5 Å². The molecule has 0 unspecified atom stereocenters. The van der Waals surface area contributed by atoms with Gasteiger partial charge in [-0.3, -0.25) is 9.59 Å². The normalized spacial score (nSPS) is 13.6. The predicted molar refractivity (Wildman–Crippen MR) is 103 cm³/mol. The number of nitrogens with one attached hydrogen (secondary N) is 1. The van der Waals surface area contributed by atoms with Crippen LogP contribution in [-0.4, -0.2) is 16.0 Å². The Labute approximate surface area is 174 Å². The molecule has 1 amide bonds. The number of ether oxygens (including phenoxy) is 1. The monoisotopic (exact) mass is 433 g/mol. The summed E-state index contributed by atoms with van der Waals surface area (Å²) in [4.78, 5) is 24.9. The summed E-state index contributed by atoms with van der Waals surface area (Å²) in [6, 6.07) is 6.65. The summed E-state index contributed by atoms with van der Waals surface area (Å²) in [5.41, 5.74) is 3.64. The van der Waals surface area contributed by atoms with Crippen molar-refractivity contribution in [3.05, 3.63) is 69.0 Å². The topological polar surface area (TPSA) is 111 Å². The Morgan fingerprint density at radius 1 is 1.19 bits per heavy atom. The number of aryl methyl sites for hydroxylation is 1. The van der Waals surface area contributed by atoms with E-state index in [-0.39, 0.29) is 17.7 Å². The van der Waals surface area contributed by atoms with Crippen LogP contribution in [0.25, 0.3) is 11.1 Å². The Morgan fingerprint density at radius 3 is 2.58 bits per heavy atom. The zero-order chi connectivity index (χ0) is 22.2. The number of H-pyrrole nitrogens is 1. The minimum absolute atomic E-state index is 0.136. The standard InChI is InChI=1S/C21H18F3N3O4/c22-21(23,24)18-14(9-15(19(25)28)20(29)26-18)11-5-7-12(8-6-11)30-10-16-13-3-1-2-4-17(13)31-27-16/h5-9H,1-4,10H2,(H2,25,28)(H,26,29). The van der Waals surface area contributed by atoms with Gasteiger partial charge in [0.1, 0.15) is 35.1 Å². The molecule has 0 spiro atoms. The molecule has 0 saturated carbocycles. The van der Waals surface area contributed by atoms with E-state index in [4.69, 9.17) is 15.0 Å². The smallest absolute Gasteiger partial charge is 0.431 e. The van der Waals surface area contributed by atoms with Crippen LogP contribution in [0.1, 0.15) is 45.9 Å². The fourth-order valence-corrected chi connectivity index (χ4v) is 3.61. The zero-order valence-electron chi connectivity index (χ0n) is 16.2. The molecule has 2 heterocycles. The molecule has 3 N–H and O–H groups in total. The molecule has 0 fully saturated rings. The van der Waals surface area contributed by atoms with Crippen LogP contribution >= 0.6 is 0 Å². The van der Waals surface area contributed by atoms with Crippen LogP contribution in [0.5, 0.6) is 5.75 Å². The van der Waals surface area contributed by atoms with Crippen LogP contribution < -0.4 is 16.0 Å². The largest absolute Gasteiger partial charge is 0.487 e. The van der Waals surface area contributed by atoms with Gasteiger partial charge in [-0.2, -0.15) is 13.2 Å². The molecule has 1 aliphatic rings. The molecule has 10 heteroatoms. The summed E-state index contributed by atoms with van der Waals surface area (Å²) in [6.07, 6.45) is -0.974. The number of primary amides is 1. The van der Waals surface area contributed by atoms with E-state index in [0.717, 1.165) is 43.1 Å². The second kappa shape index (κ2) is 7.93. The third-order valence-electron chi connectivity index (χ3n) is 5.16.